The molecule has 2 atom stereocenters. The van der Waals surface area contributed by atoms with E-state index in [2.05, 4.69) is 21.2 Å². The molecular weight excluding hydrogens is 456 g/mol. The van der Waals surface area contributed by atoms with Crippen LogP contribution in [0.5, 0.6) is 5.75 Å². The summed E-state index contributed by atoms with van der Waals surface area (Å²) in [4.78, 5) is 28.4. The third-order valence-corrected chi connectivity index (χ3v) is 6.26. The number of nitrogens with zero attached hydrogens (tertiary/aromatic N) is 1. The number of nitrogens with one attached hydrogen (secondary N) is 1. The van der Waals surface area contributed by atoms with E-state index in [4.69, 9.17) is 4.74 Å². The van der Waals surface area contributed by atoms with Crippen LogP contribution in [-0.4, -0.2) is 30.9 Å². The van der Waals surface area contributed by atoms with E-state index in [0.29, 0.717) is 5.56 Å². The van der Waals surface area contributed by atoms with Gasteiger partial charge in [0.2, 0.25) is 5.91 Å². The van der Waals surface area contributed by atoms with Crippen LogP contribution in [0.2, 0.25) is 0 Å². The number of carbonyl (C=O) groups is 2. The molecule has 1 aliphatic rings. The highest BCUT2D eigenvalue weighted by Crippen LogP contribution is 2.43. The smallest absolute Gasteiger partial charge is 0.254 e. The van der Waals surface area contributed by atoms with Gasteiger partial charge in [0.05, 0.1) is 19.1 Å². The fourth-order valence-electron chi connectivity index (χ4n) is 4.15. The van der Waals surface area contributed by atoms with Gasteiger partial charge in [0, 0.05) is 22.8 Å². The number of benzene rings is 3. The Hall–Kier alpha value is -3.12. The molecule has 2 unspecified atom stereocenters. The van der Waals surface area contributed by atoms with E-state index in [9.17, 15) is 9.59 Å². The van der Waals surface area contributed by atoms with Gasteiger partial charge in [0.15, 0.2) is 0 Å². The van der Waals surface area contributed by atoms with Crippen molar-refractivity contribution in [2.45, 2.75) is 18.9 Å². The Balaban J connectivity index is 1.79. The number of aryl methyl sites for hydroxylation is 1. The van der Waals surface area contributed by atoms with Crippen LogP contribution in [-0.2, 0) is 4.79 Å². The first-order chi connectivity index (χ1) is 14.9. The maximum absolute atomic E-state index is 13.6. The summed E-state index contributed by atoms with van der Waals surface area (Å²) in [5.41, 5.74) is 3.87. The largest absolute Gasteiger partial charge is 0.497 e. The number of anilines is 1. The van der Waals surface area contributed by atoms with Crippen LogP contribution in [0.15, 0.2) is 71.2 Å². The lowest BCUT2D eigenvalue weighted by atomic mass is 9.79. The number of carbonyl (C=O) groups excluding carboxylic acids is 2. The molecule has 5 nitrogen and oxygen atoms in total. The third kappa shape index (κ3) is 3.95. The van der Waals surface area contributed by atoms with Gasteiger partial charge >= 0.3 is 0 Å². The topological polar surface area (TPSA) is 58.6 Å². The Bertz CT molecular complexity index is 1140. The summed E-state index contributed by atoms with van der Waals surface area (Å²) in [6.45, 7) is 1.95. The summed E-state index contributed by atoms with van der Waals surface area (Å²) < 4.78 is 6.22. The number of methoxy groups -OCH3 is 1. The molecule has 158 valence electrons. The molecule has 0 aromatic heterocycles. The first-order valence-electron chi connectivity index (χ1n) is 9.97. The van der Waals surface area contributed by atoms with Crippen molar-refractivity contribution in [3.8, 4) is 5.75 Å². The predicted molar refractivity (Wildman–Crippen MR) is 125 cm³/mol. The van der Waals surface area contributed by atoms with Crippen LogP contribution in [0.4, 0.5) is 5.69 Å². The fraction of sp³-hybridized carbons (Fsp3) is 0.200. The van der Waals surface area contributed by atoms with Gasteiger partial charge in [-0.15, -0.1) is 0 Å². The molecule has 0 saturated carbocycles. The molecule has 2 amide bonds. The average Bonchev–Trinajstić information content (AvgIpc) is 2.78. The quantitative estimate of drug-likeness (QED) is 0.552. The van der Waals surface area contributed by atoms with Gasteiger partial charge in [0.25, 0.3) is 5.91 Å². The number of halogens is 1. The monoisotopic (exact) mass is 478 g/mol. The van der Waals surface area contributed by atoms with Crippen LogP contribution in [0.1, 0.15) is 39.0 Å². The van der Waals surface area contributed by atoms with Gasteiger partial charge in [-0.25, -0.2) is 0 Å². The van der Waals surface area contributed by atoms with Gasteiger partial charge in [-0.1, -0.05) is 46.3 Å². The Kier molecular flexibility index (Phi) is 5.83. The lowest BCUT2D eigenvalue weighted by Crippen LogP contribution is -2.44. The van der Waals surface area contributed by atoms with Gasteiger partial charge in [-0.2, -0.15) is 0 Å². The molecule has 0 spiro atoms. The molecule has 1 N–H and O–H groups in total. The summed E-state index contributed by atoms with van der Waals surface area (Å²) in [5.74, 6) is -0.0888. The van der Waals surface area contributed by atoms with Crippen LogP contribution in [0, 0.1) is 6.92 Å². The van der Waals surface area contributed by atoms with Crippen molar-refractivity contribution in [3.05, 3.63) is 93.5 Å². The van der Waals surface area contributed by atoms with Crippen molar-refractivity contribution in [2.75, 3.05) is 19.5 Å². The Morgan fingerprint density at radius 2 is 1.77 bits per heavy atom. The molecule has 1 aliphatic heterocycles. The van der Waals surface area contributed by atoms with Crippen LogP contribution < -0.4 is 10.1 Å². The Morgan fingerprint density at radius 1 is 1.06 bits per heavy atom. The van der Waals surface area contributed by atoms with E-state index in [1.807, 2.05) is 67.6 Å². The second-order valence-corrected chi connectivity index (χ2v) is 8.56. The minimum Gasteiger partial charge on any atom is -0.497 e. The van der Waals surface area contributed by atoms with E-state index in [1.165, 1.54) is 0 Å². The maximum atomic E-state index is 13.6. The predicted octanol–water partition coefficient (Wildman–Crippen LogP) is 5.32. The van der Waals surface area contributed by atoms with E-state index in [0.717, 1.165) is 32.6 Å². The summed E-state index contributed by atoms with van der Waals surface area (Å²) in [5, 5.41) is 3.08. The molecule has 1 heterocycles. The highest BCUT2D eigenvalue weighted by molar-refractivity contribution is 9.10. The summed E-state index contributed by atoms with van der Waals surface area (Å²) in [7, 11) is 3.36. The van der Waals surface area contributed by atoms with Crippen molar-refractivity contribution in [2.24, 2.45) is 0 Å². The number of fused-ring (bicyclic) bond motifs is 1. The number of ether oxygens (including phenoxy) is 1. The van der Waals surface area contributed by atoms with Gasteiger partial charge < -0.3 is 15.0 Å². The van der Waals surface area contributed by atoms with Gasteiger partial charge in [0.1, 0.15) is 5.75 Å². The Morgan fingerprint density at radius 3 is 2.45 bits per heavy atom. The second-order valence-electron chi connectivity index (χ2n) is 7.65. The molecule has 0 saturated heterocycles. The van der Waals surface area contributed by atoms with Crippen LogP contribution in [0.25, 0.3) is 0 Å². The molecule has 0 aliphatic carbocycles. The molecule has 0 fully saturated rings. The average molecular weight is 479 g/mol. The molecular formula is C25H23BrN2O3. The molecule has 0 bridgehead atoms. The van der Waals surface area contributed by atoms with Crippen molar-refractivity contribution in [1.82, 2.24) is 4.90 Å². The van der Waals surface area contributed by atoms with E-state index < -0.39 is 12.0 Å². The first-order valence-corrected chi connectivity index (χ1v) is 10.8. The van der Waals surface area contributed by atoms with Crippen LogP contribution in [0.3, 0.4) is 0 Å². The minimum absolute atomic E-state index is 0.0970. The summed E-state index contributed by atoms with van der Waals surface area (Å²) in [6, 6.07) is 20.2. The lowest BCUT2D eigenvalue weighted by molar-refractivity contribution is -0.119. The Labute approximate surface area is 190 Å². The molecule has 0 radical (unpaired) electrons. The zero-order valence-electron chi connectivity index (χ0n) is 17.6. The first kappa shape index (κ1) is 21.1. The van der Waals surface area contributed by atoms with E-state index in [1.54, 1.807) is 25.1 Å². The maximum Gasteiger partial charge on any atom is 0.254 e. The van der Waals surface area contributed by atoms with Crippen molar-refractivity contribution >= 4 is 33.4 Å². The van der Waals surface area contributed by atoms with Crippen molar-refractivity contribution in [3.63, 3.8) is 0 Å². The number of likely N-dealkylation sites (N-methyl/N-ethyl adjacent to an activating group) is 1. The minimum atomic E-state index is -0.560. The summed E-state index contributed by atoms with van der Waals surface area (Å²) >= 11 is 3.46. The van der Waals surface area contributed by atoms with Gasteiger partial charge in [-0.3, -0.25) is 9.59 Å². The third-order valence-electron chi connectivity index (χ3n) is 5.77. The van der Waals surface area contributed by atoms with Crippen LogP contribution >= 0.6 is 15.9 Å². The van der Waals surface area contributed by atoms with E-state index in [-0.39, 0.29) is 11.8 Å². The fourth-order valence-corrected chi connectivity index (χ4v) is 4.63. The lowest BCUT2D eigenvalue weighted by Gasteiger charge is -2.39. The highest BCUT2D eigenvalue weighted by Gasteiger charge is 2.42. The van der Waals surface area contributed by atoms with Gasteiger partial charge in [-0.05, 0) is 60.0 Å². The normalized spacial score (nSPS) is 17.8. The summed E-state index contributed by atoms with van der Waals surface area (Å²) in [6.07, 6.45) is 0. The van der Waals surface area contributed by atoms with E-state index >= 15 is 0 Å². The standard InChI is InChI=1S/C25H23BrN2O3/c1-15-14-17(26)10-13-21(15)27-24(29)22-19-6-4-5-7-20(19)25(30)28(2)23(22)16-8-11-18(31-3)12-9-16/h4-14,22-23H,1-3H3,(H,27,29). The number of hydrogen-bond donors (Lipinski definition) is 1. The molecule has 31 heavy (non-hydrogen) atoms. The number of amides is 2. The molecule has 3 aromatic rings. The molecule has 6 heteroatoms. The second kappa shape index (κ2) is 8.55. The molecule has 3 aromatic carbocycles. The van der Waals surface area contributed by atoms with Crippen molar-refractivity contribution in [1.29, 1.82) is 0 Å². The zero-order chi connectivity index (χ0) is 22.1. The van der Waals surface area contributed by atoms with Crippen molar-refractivity contribution < 1.29 is 14.3 Å². The zero-order valence-corrected chi connectivity index (χ0v) is 19.1. The number of hydrogen-bond acceptors (Lipinski definition) is 3. The molecule has 4 rings (SSSR count). The SMILES string of the molecule is COc1ccc(C2C(C(=O)Nc3ccc(Br)cc3C)c3ccccc3C(=O)N2C)cc1. The number of rotatable bonds is 4. The highest BCUT2D eigenvalue weighted by atomic mass is 79.9.